The van der Waals surface area contributed by atoms with E-state index in [2.05, 4.69) is 49.1 Å². The second-order valence-corrected chi connectivity index (χ2v) is 8.33. The highest BCUT2D eigenvalue weighted by molar-refractivity contribution is 6.11. The smallest absolute Gasteiger partial charge is 0.122 e. The molecule has 1 N–H and O–H groups in total. The summed E-state index contributed by atoms with van der Waals surface area (Å²) < 4.78 is 5.65. The van der Waals surface area contributed by atoms with Gasteiger partial charge < -0.3 is 9.84 Å². The topological polar surface area (TPSA) is 32.7 Å². The largest absolute Gasteiger partial charge is 0.496 e. The van der Waals surface area contributed by atoms with E-state index in [-0.39, 0.29) is 12.1 Å². The van der Waals surface area contributed by atoms with Gasteiger partial charge in [-0.1, -0.05) is 23.8 Å². The van der Waals surface area contributed by atoms with Crippen molar-refractivity contribution < 1.29 is 9.84 Å². The molecular weight excluding hydrogens is 334 g/mol. The van der Waals surface area contributed by atoms with Gasteiger partial charge in [0.1, 0.15) is 5.75 Å². The molecular formula is C24H27NO2. The van der Waals surface area contributed by atoms with Crippen molar-refractivity contribution in [3.05, 3.63) is 52.6 Å². The fraction of sp³-hybridized carbons (Fsp3) is 0.417. The molecule has 140 valence electrons. The zero-order chi connectivity index (χ0) is 18.7. The van der Waals surface area contributed by atoms with Crippen molar-refractivity contribution >= 4 is 21.5 Å². The van der Waals surface area contributed by atoms with E-state index in [1.54, 1.807) is 7.11 Å². The predicted octanol–water partition coefficient (Wildman–Crippen LogP) is 4.50. The molecule has 2 atom stereocenters. The average Bonchev–Trinajstić information content (AvgIpc) is 2.67. The van der Waals surface area contributed by atoms with Crippen LogP contribution in [0.15, 0.2) is 30.3 Å². The Labute approximate surface area is 160 Å². The Morgan fingerprint density at radius 3 is 2.63 bits per heavy atom. The van der Waals surface area contributed by atoms with Crippen LogP contribution in [0.4, 0.5) is 0 Å². The molecule has 2 aliphatic heterocycles. The van der Waals surface area contributed by atoms with E-state index in [0.717, 1.165) is 38.1 Å². The first kappa shape index (κ1) is 17.0. The lowest BCUT2D eigenvalue weighted by Gasteiger charge is -2.43. The summed E-state index contributed by atoms with van der Waals surface area (Å²) in [5.74, 6) is 0.948. The minimum atomic E-state index is -0.219. The van der Waals surface area contributed by atoms with E-state index in [0.29, 0.717) is 0 Å². The number of aliphatic hydroxyl groups excluding tert-OH is 1. The monoisotopic (exact) mass is 361 g/mol. The highest BCUT2D eigenvalue weighted by Gasteiger charge is 2.35. The van der Waals surface area contributed by atoms with Crippen LogP contribution in [0.25, 0.3) is 21.5 Å². The predicted molar refractivity (Wildman–Crippen MR) is 111 cm³/mol. The number of hydrogen-bond donors (Lipinski definition) is 1. The third-order valence-electron chi connectivity index (χ3n) is 6.65. The van der Waals surface area contributed by atoms with Crippen molar-refractivity contribution in [2.24, 2.45) is 0 Å². The molecule has 3 nitrogen and oxygen atoms in total. The Hall–Kier alpha value is -2.10. The molecule has 0 aliphatic carbocycles. The number of fused-ring (bicyclic) bond motifs is 7. The van der Waals surface area contributed by atoms with Gasteiger partial charge in [-0.3, -0.25) is 4.90 Å². The Kier molecular flexibility index (Phi) is 3.92. The minimum absolute atomic E-state index is 0.219. The van der Waals surface area contributed by atoms with Gasteiger partial charge in [0, 0.05) is 12.6 Å². The summed E-state index contributed by atoms with van der Waals surface area (Å²) in [6.07, 6.45) is 2.71. The van der Waals surface area contributed by atoms with Crippen LogP contribution in [0.3, 0.4) is 0 Å². The quantitative estimate of drug-likeness (QED) is 0.648. The van der Waals surface area contributed by atoms with Crippen molar-refractivity contribution in [2.45, 2.75) is 51.8 Å². The SMILES string of the molecule is COc1cc2c3c(c4ccc(C)cc4c2cc1C)CN1CCC[C@H](O)[C@@H]1C3. The molecule has 27 heavy (non-hydrogen) atoms. The summed E-state index contributed by atoms with van der Waals surface area (Å²) in [6, 6.07) is 11.6. The van der Waals surface area contributed by atoms with Crippen molar-refractivity contribution in [1.82, 2.24) is 4.90 Å². The van der Waals surface area contributed by atoms with Crippen LogP contribution in [0, 0.1) is 13.8 Å². The van der Waals surface area contributed by atoms with Crippen LogP contribution >= 0.6 is 0 Å². The normalized spacial score (nSPS) is 22.7. The second kappa shape index (κ2) is 6.22. The molecule has 0 amide bonds. The first-order valence-electron chi connectivity index (χ1n) is 10.0. The third-order valence-corrected chi connectivity index (χ3v) is 6.65. The number of aryl methyl sites for hydroxylation is 2. The van der Waals surface area contributed by atoms with E-state index in [4.69, 9.17) is 4.74 Å². The number of piperidine rings is 1. The standard InChI is InChI=1S/C24H27NO2/c1-14-6-7-16-17(9-14)18-10-15(2)24(27-3)12-20(18)19-11-22-23(26)5-4-8-25(22)13-21(16)19/h6-7,9-10,12,22-23,26H,4-5,8,11,13H2,1-3H3/t22-,23-/m0/s1. The number of methoxy groups -OCH3 is 1. The summed E-state index contributed by atoms with van der Waals surface area (Å²) in [7, 11) is 1.75. The van der Waals surface area contributed by atoms with Crippen LogP contribution in [0.2, 0.25) is 0 Å². The molecule has 3 aromatic carbocycles. The number of ether oxygens (including phenoxy) is 1. The first-order valence-corrected chi connectivity index (χ1v) is 10.0. The lowest BCUT2D eigenvalue weighted by molar-refractivity contribution is 0.00130. The fourth-order valence-electron chi connectivity index (χ4n) is 5.24. The molecule has 0 bridgehead atoms. The van der Waals surface area contributed by atoms with Crippen LogP contribution in [-0.2, 0) is 13.0 Å². The number of aliphatic hydroxyl groups is 1. The Bertz CT molecular complexity index is 1060. The summed E-state index contributed by atoms with van der Waals surface area (Å²) in [5, 5.41) is 15.9. The Morgan fingerprint density at radius 2 is 1.81 bits per heavy atom. The molecule has 3 heteroatoms. The van der Waals surface area contributed by atoms with Gasteiger partial charge in [-0.05, 0) is 90.0 Å². The molecule has 1 saturated heterocycles. The molecule has 5 rings (SSSR count). The van der Waals surface area contributed by atoms with Crippen molar-refractivity contribution in [2.75, 3.05) is 13.7 Å². The van der Waals surface area contributed by atoms with Gasteiger partial charge in [0.25, 0.3) is 0 Å². The molecule has 1 fully saturated rings. The van der Waals surface area contributed by atoms with E-state index in [9.17, 15) is 5.11 Å². The van der Waals surface area contributed by atoms with Crippen LogP contribution in [0.1, 0.15) is 35.1 Å². The lowest BCUT2D eigenvalue weighted by atomic mass is 9.81. The minimum Gasteiger partial charge on any atom is -0.496 e. The number of benzene rings is 3. The Morgan fingerprint density at radius 1 is 1.00 bits per heavy atom. The Balaban J connectivity index is 1.85. The summed E-state index contributed by atoms with van der Waals surface area (Å²) in [4.78, 5) is 2.49. The van der Waals surface area contributed by atoms with Gasteiger partial charge in [-0.15, -0.1) is 0 Å². The lowest BCUT2D eigenvalue weighted by Crippen LogP contribution is -2.51. The maximum atomic E-state index is 10.6. The number of hydrogen-bond acceptors (Lipinski definition) is 3. The maximum absolute atomic E-state index is 10.6. The third kappa shape index (κ3) is 2.56. The molecule has 0 radical (unpaired) electrons. The molecule has 2 heterocycles. The van der Waals surface area contributed by atoms with Crippen LogP contribution in [0.5, 0.6) is 5.75 Å². The van der Waals surface area contributed by atoms with E-state index < -0.39 is 0 Å². The van der Waals surface area contributed by atoms with E-state index in [1.165, 1.54) is 43.8 Å². The average molecular weight is 361 g/mol. The second-order valence-electron chi connectivity index (χ2n) is 8.33. The van der Waals surface area contributed by atoms with Gasteiger partial charge in [0.2, 0.25) is 0 Å². The van der Waals surface area contributed by atoms with Gasteiger partial charge in [-0.2, -0.15) is 0 Å². The van der Waals surface area contributed by atoms with Gasteiger partial charge in [-0.25, -0.2) is 0 Å². The highest BCUT2D eigenvalue weighted by Crippen LogP contribution is 2.41. The van der Waals surface area contributed by atoms with Gasteiger partial charge in [0.05, 0.1) is 13.2 Å². The molecule has 0 saturated carbocycles. The first-order chi connectivity index (χ1) is 13.1. The molecule has 3 aromatic rings. The number of rotatable bonds is 1. The van der Waals surface area contributed by atoms with Crippen molar-refractivity contribution in [1.29, 1.82) is 0 Å². The van der Waals surface area contributed by atoms with Crippen LogP contribution < -0.4 is 4.74 Å². The highest BCUT2D eigenvalue weighted by atomic mass is 16.5. The van der Waals surface area contributed by atoms with E-state index in [1.807, 2.05) is 0 Å². The fourth-order valence-corrected chi connectivity index (χ4v) is 5.24. The zero-order valence-electron chi connectivity index (χ0n) is 16.4. The van der Waals surface area contributed by atoms with Crippen molar-refractivity contribution in [3.63, 3.8) is 0 Å². The van der Waals surface area contributed by atoms with Gasteiger partial charge >= 0.3 is 0 Å². The summed E-state index contributed by atoms with van der Waals surface area (Å²) >= 11 is 0. The van der Waals surface area contributed by atoms with Gasteiger partial charge in [0.15, 0.2) is 0 Å². The maximum Gasteiger partial charge on any atom is 0.122 e. The van der Waals surface area contributed by atoms with Crippen LogP contribution in [-0.4, -0.2) is 35.8 Å². The zero-order valence-corrected chi connectivity index (χ0v) is 16.4. The molecule has 2 aliphatic rings. The number of nitrogens with zero attached hydrogens (tertiary/aromatic N) is 1. The van der Waals surface area contributed by atoms with E-state index >= 15 is 0 Å². The summed E-state index contributed by atoms with van der Waals surface area (Å²) in [6.45, 7) is 6.30. The molecule has 0 spiro atoms. The summed E-state index contributed by atoms with van der Waals surface area (Å²) in [5.41, 5.74) is 5.30. The molecule has 0 aromatic heterocycles. The van der Waals surface area contributed by atoms with Crippen molar-refractivity contribution in [3.8, 4) is 5.75 Å². The molecule has 0 unspecified atom stereocenters.